The first-order valence-corrected chi connectivity index (χ1v) is 54.7. The molecule has 0 N–H and O–H groups in total. The largest absolute Gasteiger partial charge is 0.135 e. The Labute approximate surface area is 860 Å². The van der Waals surface area contributed by atoms with E-state index in [2.05, 4.69) is 516 Å². The van der Waals surface area contributed by atoms with E-state index in [0.717, 1.165) is 0 Å². The van der Waals surface area contributed by atoms with E-state index in [1.807, 2.05) is 90.7 Å². The first kappa shape index (κ1) is 92.4. The van der Waals surface area contributed by atoms with Gasteiger partial charge in [-0.2, -0.15) is 0 Å². The third-order valence-corrected chi connectivity index (χ3v) is 36.3. The van der Waals surface area contributed by atoms with Gasteiger partial charge >= 0.3 is 0 Å². The lowest BCUT2D eigenvalue weighted by Crippen LogP contribution is -1.77. The summed E-state index contributed by atoms with van der Waals surface area (Å²) in [6.45, 7) is 17.4. The minimum absolute atomic E-state index is 1.28. The summed E-state index contributed by atoms with van der Waals surface area (Å²) < 4.78 is 22.2. The van der Waals surface area contributed by atoms with Crippen molar-refractivity contribution >= 4 is 252 Å². The van der Waals surface area contributed by atoms with Crippen LogP contribution in [0.2, 0.25) is 0 Å². The quantitative estimate of drug-likeness (QED) is 0.161. The molecule has 8 aromatic heterocycles. The van der Waals surface area contributed by atoms with Gasteiger partial charge in [-0.3, -0.25) is 0 Å². The number of rotatable bonds is 5. The van der Waals surface area contributed by atoms with Crippen LogP contribution in [-0.4, -0.2) is 0 Å². The van der Waals surface area contributed by atoms with Gasteiger partial charge in [-0.05, 0) is 217 Å². The van der Waals surface area contributed by atoms with E-state index in [9.17, 15) is 0 Å². The van der Waals surface area contributed by atoms with Crippen LogP contribution in [0.15, 0.2) is 461 Å². The van der Waals surface area contributed by atoms with Crippen molar-refractivity contribution in [3.8, 4) is 55.6 Å². The summed E-state index contributed by atoms with van der Waals surface area (Å²) in [5.74, 6) is 0. The van der Waals surface area contributed by atoms with Crippen molar-refractivity contribution in [3.63, 3.8) is 0 Å². The minimum atomic E-state index is 1.28. The van der Waals surface area contributed by atoms with Gasteiger partial charge in [0, 0.05) is 161 Å². The van der Waals surface area contributed by atoms with Gasteiger partial charge in [0.1, 0.15) is 0 Å². The second-order valence-electron chi connectivity index (χ2n) is 36.4. The fourth-order valence-electron chi connectivity index (χ4n) is 19.6. The number of fused-ring (bicyclic) bond motifs is 24. The second kappa shape index (κ2) is 41.3. The molecule has 0 radical (unpaired) electrons. The average Bonchev–Trinajstić information content (AvgIpc) is 1.61. The van der Waals surface area contributed by atoms with Gasteiger partial charge in [-0.1, -0.05) is 399 Å². The zero-order valence-corrected chi connectivity index (χ0v) is 86.7. The minimum Gasteiger partial charge on any atom is -0.135 e. The van der Waals surface area contributed by atoms with E-state index >= 15 is 0 Å². The van der Waals surface area contributed by atoms with Crippen molar-refractivity contribution < 1.29 is 0 Å². The van der Waals surface area contributed by atoms with E-state index in [4.69, 9.17) is 0 Å². The summed E-state index contributed by atoms with van der Waals surface area (Å²) in [6.07, 6.45) is 0. The Kier molecular flexibility index (Phi) is 26.9. The SMILES string of the molecule is Cc1ccc2c(c1)sc1c(-c3ccccc3)cccc12.Cc1ccc2c(c1)sc1ccccc12.Cc1ccc2sc3c(-c4ccccc4)cccc3c2c1.Cc1ccc2sc3ccccc3c2c1.Cc1cccc2c1sc1c(-c3ccccc3)cccc12.Cc1cccc2c1sc1cc(-c3ccccc3)ccc12.Cc1cccc2sc3c(-c4ccccc4)cccc3c12.Cc1cccc2sc3ccccc3c12. The highest BCUT2D eigenvalue weighted by Gasteiger charge is 2.18. The zero-order valence-electron chi connectivity index (χ0n) is 80.1. The van der Waals surface area contributed by atoms with E-state index in [1.54, 1.807) is 0 Å². The molecule has 21 aromatic carbocycles. The third-order valence-electron chi connectivity index (χ3n) is 26.6. The topological polar surface area (TPSA) is 0 Å². The van der Waals surface area contributed by atoms with Crippen molar-refractivity contribution in [2.75, 3.05) is 0 Å². The van der Waals surface area contributed by atoms with Crippen molar-refractivity contribution in [3.05, 3.63) is 506 Å². The molecule has 0 atom stereocenters. The van der Waals surface area contributed by atoms with Crippen LogP contribution < -0.4 is 0 Å². The highest BCUT2D eigenvalue weighted by atomic mass is 32.1. The van der Waals surface area contributed by atoms with Crippen LogP contribution in [0.25, 0.3) is 217 Å². The molecule has 142 heavy (non-hydrogen) atoms. The summed E-state index contributed by atoms with van der Waals surface area (Å²) in [7, 11) is 0. The molecule has 0 aliphatic carbocycles. The maximum Gasteiger partial charge on any atom is 0.0433 e. The fourth-order valence-corrected chi connectivity index (χ4v) is 29.4. The number of hydrogen-bond acceptors (Lipinski definition) is 8. The van der Waals surface area contributed by atoms with E-state index in [-0.39, 0.29) is 0 Å². The lowest BCUT2D eigenvalue weighted by atomic mass is 10.0. The van der Waals surface area contributed by atoms with Crippen LogP contribution in [0.3, 0.4) is 0 Å². The highest BCUT2D eigenvalue weighted by Crippen LogP contribution is 2.48. The average molecular weight is 1970 g/mol. The number of aryl methyl sites for hydroxylation is 8. The summed E-state index contributed by atoms with van der Waals surface area (Å²) in [5.41, 5.74) is 23.9. The molecule has 0 fully saturated rings. The molecule has 8 heterocycles. The van der Waals surface area contributed by atoms with Gasteiger partial charge in [0.05, 0.1) is 0 Å². The highest BCUT2D eigenvalue weighted by molar-refractivity contribution is 7.29. The molecule has 0 saturated heterocycles. The fraction of sp³-hybridized carbons (Fsp3) is 0.0597. The molecular weight excluding hydrogens is 1870 g/mol. The summed E-state index contributed by atoms with van der Waals surface area (Å²) >= 11 is 15.1. The lowest BCUT2D eigenvalue weighted by molar-refractivity contribution is 1.52. The molecule has 0 aliphatic heterocycles. The standard InChI is InChI=1S/5C19H14S.3C13H10S/c1-13-7-5-12-17-18(13)16-11-6-10-15(19(16)20-17)14-8-3-2-4-9-14;1-13-7-5-11-16-17-12-6-10-15(19(17)20-18(13)16)14-8-3-2-4-9-14;1-13-6-5-9-17-16-11-10-15(12-18(16)20-19(13)17)14-7-3-2-4-8-14;1-13-10-11-16-17-9-5-8-15(14-6-3-2-4-7-14)19(17)20-18(16)12-13;1-13-10-11-18-17(12-13)16-9-5-8-15(19(16)20-18)14-6-3-2-4-7-14;1-9-5-4-8-12-13(9)10-6-2-3-7-11(10)14-12;1-9-6-7-13-11(8-9)10-4-2-3-5-12(10)14-13;1-9-6-7-11-10-4-2-3-5-12(10)14-13(11)8-9/h5*2-12H,1H3;3*2-8H,1H3. The predicted molar refractivity (Wildman–Crippen MR) is 640 cm³/mol. The van der Waals surface area contributed by atoms with Gasteiger partial charge in [0.15, 0.2) is 0 Å². The molecule has 0 saturated carbocycles. The normalized spacial score (nSPS) is 11.2. The van der Waals surface area contributed by atoms with Crippen molar-refractivity contribution in [1.29, 1.82) is 0 Å². The predicted octanol–water partition coefficient (Wildman–Crippen LogP) is 43.2. The number of thiophene rings is 8. The number of benzene rings is 21. The van der Waals surface area contributed by atoms with E-state index < -0.39 is 0 Å². The Morgan fingerprint density at radius 1 is 0.120 bits per heavy atom. The Hall–Kier alpha value is -14.6. The van der Waals surface area contributed by atoms with Gasteiger partial charge in [-0.15, -0.1) is 90.7 Å². The van der Waals surface area contributed by atoms with Crippen LogP contribution in [0.5, 0.6) is 0 Å². The van der Waals surface area contributed by atoms with Gasteiger partial charge < -0.3 is 0 Å². The van der Waals surface area contributed by atoms with Crippen LogP contribution in [0.1, 0.15) is 44.5 Å². The Balaban J connectivity index is 0.0000000934. The van der Waals surface area contributed by atoms with Crippen molar-refractivity contribution in [2.45, 2.75) is 55.4 Å². The van der Waals surface area contributed by atoms with Gasteiger partial charge in [0.25, 0.3) is 0 Å². The molecule has 0 amide bonds. The first-order chi connectivity index (χ1) is 69.7. The molecule has 8 heteroatoms. The van der Waals surface area contributed by atoms with Crippen molar-refractivity contribution in [2.24, 2.45) is 0 Å². The summed E-state index contributed by atoms with van der Waals surface area (Å²) in [5, 5.41) is 22.1. The summed E-state index contributed by atoms with van der Waals surface area (Å²) in [6, 6.07) is 165. The van der Waals surface area contributed by atoms with Crippen LogP contribution in [0.4, 0.5) is 0 Å². The lowest BCUT2D eigenvalue weighted by Gasteiger charge is -2.03. The molecule has 0 spiro atoms. The van der Waals surface area contributed by atoms with Crippen LogP contribution >= 0.6 is 90.7 Å². The molecule has 0 nitrogen and oxygen atoms in total. The Bertz CT molecular complexity index is 9520. The van der Waals surface area contributed by atoms with E-state index in [0.29, 0.717) is 0 Å². The zero-order chi connectivity index (χ0) is 96.3. The molecule has 29 rings (SSSR count). The summed E-state index contributed by atoms with van der Waals surface area (Å²) in [4.78, 5) is 0. The van der Waals surface area contributed by atoms with Crippen LogP contribution in [0, 0.1) is 55.4 Å². The maximum absolute atomic E-state index is 2.31. The molecular formula is C134H100S8. The first-order valence-electron chi connectivity index (χ1n) is 48.2. The van der Waals surface area contributed by atoms with Crippen molar-refractivity contribution in [1.82, 2.24) is 0 Å². The van der Waals surface area contributed by atoms with Gasteiger partial charge in [0.2, 0.25) is 0 Å². The molecule has 0 aliphatic rings. The smallest absolute Gasteiger partial charge is 0.0433 e. The second-order valence-corrected chi connectivity index (χ2v) is 44.9. The maximum atomic E-state index is 2.31. The van der Waals surface area contributed by atoms with E-state index in [1.165, 1.54) is 262 Å². The van der Waals surface area contributed by atoms with Crippen LogP contribution in [-0.2, 0) is 0 Å². The molecule has 0 bridgehead atoms. The Morgan fingerprint density at radius 3 is 0.880 bits per heavy atom. The monoisotopic (exact) mass is 1960 g/mol. The molecule has 0 unspecified atom stereocenters. The Morgan fingerprint density at radius 2 is 0.373 bits per heavy atom. The number of hydrogen-bond donors (Lipinski definition) is 0. The molecule has 29 aromatic rings. The van der Waals surface area contributed by atoms with Gasteiger partial charge in [-0.25, -0.2) is 0 Å². The molecule has 684 valence electrons. The third kappa shape index (κ3) is 19.0.